The van der Waals surface area contributed by atoms with Gasteiger partial charge in [-0.1, -0.05) is 0 Å². The molecule has 0 bridgehead atoms. The van der Waals surface area contributed by atoms with Gasteiger partial charge in [0.15, 0.2) is 11.4 Å². The summed E-state index contributed by atoms with van der Waals surface area (Å²) in [6, 6.07) is 7.00. The zero-order chi connectivity index (χ0) is 22.2. The number of carbonyl (C=O) groups excluding carboxylic acids is 1. The molecule has 0 radical (unpaired) electrons. The molecule has 0 spiro atoms. The summed E-state index contributed by atoms with van der Waals surface area (Å²) in [7, 11) is 1.57. The Balaban J connectivity index is 1.44. The molecule has 32 heavy (non-hydrogen) atoms. The SMILES string of the molecule is COc1ccc2c(c1CN1CC[C@H](NC(=O)O)C1)OC(=Cc1n[nH]c3ncccc13)C2=O. The lowest BCUT2D eigenvalue weighted by Crippen LogP contribution is -2.35. The van der Waals surface area contributed by atoms with Gasteiger partial charge in [-0.15, -0.1) is 0 Å². The quantitative estimate of drug-likeness (QED) is 0.521. The minimum absolute atomic E-state index is 0.130. The number of nitrogens with one attached hydrogen (secondary N) is 2. The van der Waals surface area contributed by atoms with Crippen molar-refractivity contribution >= 4 is 29.0 Å². The van der Waals surface area contributed by atoms with Crippen molar-refractivity contribution in [1.29, 1.82) is 0 Å². The third-order valence-corrected chi connectivity index (χ3v) is 5.73. The number of H-pyrrole nitrogens is 1. The predicted molar refractivity (Wildman–Crippen MR) is 115 cm³/mol. The van der Waals surface area contributed by atoms with Gasteiger partial charge in [0.1, 0.15) is 11.5 Å². The monoisotopic (exact) mass is 435 g/mol. The van der Waals surface area contributed by atoms with Gasteiger partial charge in [-0.3, -0.25) is 14.8 Å². The average molecular weight is 435 g/mol. The van der Waals surface area contributed by atoms with Crippen molar-refractivity contribution in [3.8, 4) is 11.5 Å². The van der Waals surface area contributed by atoms with Gasteiger partial charge in [-0.05, 0) is 30.7 Å². The average Bonchev–Trinajstić information content (AvgIpc) is 3.47. The molecule has 2 aromatic heterocycles. The normalized spacial score (nSPS) is 19.3. The highest BCUT2D eigenvalue weighted by atomic mass is 16.5. The second kappa shape index (κ2) is 7.97. The molecule has 5 rings (SSSR count). The van der Waals surface area contributed by atoms with Crippen LogP contribution >= 0.6 is 0 Å². The second-order valence-electron chi connectivity index (χ2n) is 7.74. The smallest absolute Gasteiger partial charge is 0.404 e. The Bertz CT molecular complexity index is 1250. The number of ketones is 1. The lowest BCUT2D eigenvalue weighted by atomic mass is 10.0. The van der Waals surface area contributed by atoms with E-state index >= 15 is 0 Å². The molecule has 1 saturated heterocycles. The summed E-state index contributed by atoms with van der Waals surface area (Å²) in [4.78, 5) is 30.3. The van der Waals surface area contributed by atoms with Crippen molar-refractivity contribution in [2.45, 2.75) is 19.0 Å². The zero-order valence-corrected chi connectivity index (χ0v) is 17.3. The summed E-state index contributed by atoms with van der Waals surface area (Å²) >= 11 is 0. The molecule has 0 aliphatic carbocycles. The number of amides is 1. The summed E-state index contributed by atoms with van der Waals surface area (Å²) in [5.74, 6) is 1.03. The van der Waals surface area contributed by atoms with Crippen molar-refractivity contribution in [3.63, 3.8) is 0 Å². The first-order valence-electron chi connectivity index (χ1n) is 10.2. The summed E-state index contributed by atoms with van der Waals surface area (Å²) in [5.41, 5.74) is 2.42. The maximum absolute atomic E-state index is 13.0. The summed E-state index contributed by atoms with van der Waals surface area (Å²) < 4.78 is 11.6. The molecular weight excluding hydrogens is 414 g/mol. The molecule has 10 nitrogen and oxygen atoms in total. The van der Waals surface area contributed by atoms with Gasteiger partial charge in [-0.25, -0.2) is 9.78 Å². The Labute approximate surface area is 182 Å². The van der Waals surface area contributed by atoms with Gasteiger partial charge >= 0.3 is 6.09 Å². The van der Waals surface area contributed by atoms with Crippen LogP contribution in [0.2, 0.25) is 0 Å². The maximum Gasteiger partial charge on any atom is 0.404 e. The third-order valence-electron chi connectivity index (χ3n) is 5.73. The van der Waals surface area contributed by atoms with E-state index in [-0.39, 0.29) is 17.6 Å². The minimum atomic E-state index is -1.03. The van der Waals surface area contributed by atoms with Crippen molar-refractivity contribution in [3.05, 3.63) is 53.0 Å². The Kier molecular flexibility index (Phi) is 4.98. The first-order valence-corrected chi connectivity index (χ1v) is 10.2. The highest BCUT2D eigenvalue weighted by molar-refractivity contribution is 6.15. The number of allylic oxidation sites excluding steroid dienone is 1. The Morgan fingerprint density at radius 3 is 3.12 bits per heavy atom. The summed E-state index contributed by atoms with van der Waals surface area (Å²) in [5, 5.41) is 19.4. The fourth-order valence-electron chi connectivity index (χ4n) is 4.23. The highest BCUT2D eigenvalue weighted by Gasteiger charge is 2.33. The lowest BCUT2D eigenvalue weighted by Gasteiger charge is -2.19. The molecule has 0 saturated carbocycles. The van der Waals surface area contributed by atoms with Gasteiger partial charge in [-0.2, -0.15) is 5.10 Å². The number of aromatic nitrogens is 3. The fraction of sp³-hybridized carbons (Fsp3) is 0.273. The number of aromatic amines is 1. The largest absolute Gasteiger partial charge is 0.496 e. The number of likely N-dealkylation sites (tertiary alicyclic amines) is 1. The molecule has 1 atom stereocenters. The number of ether oxygens (including phenoxy) is 2. The molecule has 2 aliphatic rings. The van der Waals surface area contributed by atoms with Crippen LogP contribution < -0.4 is 14.8 Å². The lowest BCUT2D eigenvalue weighted by molar-refractivity contribution is 0.101. The van der Waals surface area contributed by atoms with E-state index in [2.05, 4.69) is 25.4 Å². The van der Waals surface area contributed by atoms with E-state index in [4.69, 9.17) is 14.6 Å². The van der Waals surface area contributed by atoms with Crippen LogP contribution in [0.1, 0.15) is 28.0 Å². The molecule has 3 N–H and O–H groups in total. The number of hydrogen-bond acceptors (Lipinski definition) is 7. The number of pyridine rings is 1. The van der Waals surface area contributed by atoms with E-state index < -0.39 is 6.09 Å². The number of nitrogens with zero attached hydrogens (tertiary/aromatic N) is 3. The van der Waals surface area contributed by atoms with E-state index in [0.717, 1.165) is 23.9 Å². The van der Waals surface area contributed by atoms with Gasteiger partial charge in [0, 0.05) is 43.3 Å². The Morgan fingerprint density at radius 1 is 1.44 bits per heavy atom. The van der Waals surface area contributed by atoms with Gasteiger partial charge in [0.05, 0.1) is 23.9 Å². The number of methoxy groups -OCH3 is 1. The van der Waals surface area contributed by atoms with Gasteiger partial charge < -0.3 is 19.9 Å². The Morgan fingerprint density at radius 2 is 2.31 bits per heavy atom. The number of rotatable bonds is 5. The molecule has 164 valence electrons. The molecular formula is C22H21N5O5. The molecule has 1 aromatic carbocycles. The standard InChI is InChI=1S/C22H21N5O5/c1-31-17-5-4-14-19(28)18(9-16-13-3-2-7-23-21(13)26-25-16)32-20(14)15(17)11-27-8-6-12(10-27)24-22(29)30/h2-5,7,9,12,24H,6,8,10-11H2,1H3,(H,29,30)(H,23,25,26)/t12-/m0/s1. The number of carbonyl (C=O) groups is 2. The van der Waals surface area contributed by atoms with Crippen molar-refractivity contribution in [2.24, 2.45) is 0 Å². The van der Waals surface area contributed by atoms with Crippen molar-refractivity contribution < 1.29 is 24.2 Å². The number of fused-ring (bicyclic) bond motifs is 2. The zero-order valence-electron chi connectivity index (χ0n) is 17.3. The van der Waals surface area contributed by atoms with Crippen LogP contribution in [-0.4, -0.2) is 63.3 Å². The molecule has 0 unspecified atom stereocenters. The molecule has 1 fully saturated rings. The topological polar surface area (TPSA) is 130 Å². The fourth-order valence-corrected chi connectivity index (χ4v) is 4.23. The van der Waals surface area contributed by atoms with E-state index in [9.17, 15) is 9.59 Å². The van der Waals surface area contributed by atoms with E-state index in [1.54, 1.807) is 37.6 Å². The summed E-state index contributed by atoms with van der Waals surface area (Å²) in [6.07, 6.45) is 2.97. The van der Waals surface area contributed by atoms with E-state index in [0.29, 0.717) is 41.5 Å². The molecule has 2 aliphatic heterocycles. The van der Waals surface area contributed by atoms with Crippen molar-refractivity contribution in [1.82, 2.24) is 25.4 Å². The number of Topliss-reactive ketones (excluding diaryl/α,β-unsaturated/α-hetero) is 1. The molecule has 4 heterocycles. The number of benzene rings is 1. The highest BCUT2D eigenvalue weighted by Crippen LogP contribution is 2.41. The summed E-state index contributed by atoms with van der Waals surface area (Å²) in [6.45, 7) is 1.77. The van der Waals surface area contributed by atoms with Gasteiger partial charge in [0.2, 0.25) is 5.78 Å². The molecule has 3 aromatic rings. The third kappa shape index (κ3) is 3.54. The van der Waals surface area contributed by atoms with Crippen LogP contribution in [0.5, 0.6) is 11.5 Å². The molecule has 10 heteroatoms. The van der Waals surface area contributed by atoms with Gasteiger partial charge in [0.25, 0.3) is 0 Å². The van der Waals surface area contributed by atoms with Crippen LogP contribution in [0.25, 0.3) is 17.1 Å². The van der Waals surface area contributed by atoms with Crippen LogP contribution in [0.15, 0.2) is 36.2 Å². The predicted octanol–water partition coefficient (Wildman–Crippen LogP) is 2.42. The van der Waals surface area contributed by atoms with E-state index in [1.807, 2.05) is 6.07 Å². The number of carboxylic acid groups (broad SMARTS) is 1. The minimum Gasteiger partial charge on any atom is -0.496 e. The first-order chi connectivity index (χ1) is 15.5. The first kappa shape index (κ1) is 20.0. The Hall–Kier alpha value is -3.92. The van der Waals surface area contributed by atoms with Crippen molar-refractivity contribution in [2.75, 3.05) is 20.2 Å². The van der Waals surface area contributed by atoms with Crippen LogP contribution in [0.4, 0.5) is 4.79 Å². The second-order valence-corrected chi connectivity index (χ2v) is 7.74. The van der Waals surface area contributed by atoms with Crippen LogP contribution in [0, 0.1) is 0 Å². The van der Waals surface area contributed by atoms with E-state index in [1.165, 1.54) is 0 Å². The maximum atomic E-state index is 13.0. The number of hydrogen-bond donors (Lipinski definition) is 3. The molecule has 1 amide bonds. The van der Waals surface area contributed by atoms with Crippen LogP contribution in [0.3, 0.4) is 0 Å². The van der Waals surface area contributed by atoms with Crippen LogP contribution in [-0.2, 0) is 6.54 Å².